The lowest BCUT2D eigenvalue weighted by Crippen LogP contribution is -2.62. The van der Waals surface area contributed by atoms with E-state index in [9.17, 15) is 14.7 Å². The van der Waals surface area contributed by atoms with E-state index < -0.39 is 12.1 Å². The van der Waals surface area contributed by atoms with Crippen LogP contribution in [0.3, 0.4) is 0 Å². The Morgan fingerprint density at radius 1 is 1.30 bits per heavy atom. The number of carbonyl (C=O) groups excluding carboxylic acids is 2. The third-order valence-electron chi connectivity index (χ3n) is 5.23. The molecule has 1 saturated carbocycles. The van der Waals surface area contributed by atoms with Crippen LogP contribution in [0.25, 0.3) is 0 Å². The molecule has 1 aromatic rings. The number of aliphatic hydroxyl groups excluding tert-OH is 1. The molecule has 0 aromatic carbocycles. The molecule has 150 valence electrons. The third kappa shape index (κ3) is 5.67. The zero-order valence-electron chi connectivity index (χ0n) is 15.6. The van der Waals surface area contributed by atoms with Crippen molar-refractivity contribution in [3.05, 3.63) is 18.7 Å². The Hall–Kier alpha value is -2.13. The smallest absolute Gasteiger partial charge is 0.318 e. The van der Waals surface area contributed by atoms with Crippen LogP contribution < -0.4 is 16.0 Å². The van der Waals surface area contributed by atoms with Gasteiger partial charge in [-0.05, 0) is 12.8 Å². The van der Waals surface area contributed by atoms with E-state index >= 15 is 0 Å². The Balaban J connectivity index is 1.49. The Kier molecular flexibility index (Phi) is 7.05. The van der Waals surface area contributed by atoms with Gasteiger partial charge in [0.15, 0.2) is 0 Å². The van der Waals surface area contributed by atoms with Crippen LogP contribution in [0, 0.1) is 0 Å². The van der Waals surface area contributed by atoms with Crippen molar-refractivity contribution in [1.82, 2.24) is 30.4 Å². The summed E-state index contributed by atoms with van der Waals surface area (Å²) in [6, 6.07) is -0.521. The van der Waals surface area contributed by atoms with Crippen LogP contribution >= 0.6 is 0 Å². The number of hydrogen-bond acceptors (Lipinski definition) is 5. The largest absolute Gasteiger partial charge is 0.389 e. The second-order valence-corrected chi connectivity index (χ2v) is 7.36. The van der Waals surface area contributed by atoms with Crippen molar-refractivity contribution in [3.63, 3.8) is 0 Å². The summed E-state index contributed by atoms with van der Waals surface area (Å²) < 4.78 is 1.75. The van der Waals surface area contributed by atoms with E-state index in [1.807, 2.05) is 0 Å². The molecule has 1 aromatic heterocycles. The third-order valence-corrected chi connectivity index (χ3v) is 5.23. The monoisotopic (exact) mass is 378 g/mol. The normalized spacial score (nSPS) is 22.3. The minimum Gasteiger partial charge on any atom is -0.389 e. The number of carbonyl (C=O) groups is 2. The fraction of sp³-hybridized carbons (Fsp3) is 0.722. The Labute approximate surface area is 159 Å². The number of urea groups is 1. The van der Waals surface area contributed by atoms with E-state index in [2.05, 4.69) is 20.9 Å². The fourth-order valence-electron chi connectivity index (χ4n) is 3.72. The SMILES string of the molecule is O=C(NCC(O)Cn1ccnc1)[C@H]1CNCCN1C(=O)NC1CCCCC1. The number of nitrogens with one attached hydrogen (secondary N) is 3. The summed E-state index contributed by atoms with van der Waals surface area (Å²) in [4.78, 5) is 30.8. The number of amides is 3. The van der Waals surface area contributed by atoms with Gasteiger partial charge in [-0.3, -0.25) is 4.79 Å². The van der Waals surface area contributed by atoms with Crippen molar-refractivity contribution in [3.8, 4) is 0 Å². The molecule has 4 N–H and O–H groups in total. The Morgan fingerprint density at radius 3 is 2.85 bits per heavy atom. The molecule has 9 heteroatoms. The van der Waals surface area contributed by atoms with E-state index in [0.29, 0.717) is 26.2 Å². The number of aromatic nitrogens is 2. The van der Waals surface area contributed by atoms with Crippen LogP contribution in [-0.4, -0.2) is 75.9 Å². The predicted molar refractivity (Wildman–Crippen MR) is 100 cm³/mol. The predicted octanol–water partition coefficient (Wildman–Crippen LogP) is -0.324. The molecule has 0 bridgehead atoms. The molecular formula is C18H30N6O3. The highest BCUT2D eigenvalue weighted by atomic mass is 16.3. The van der Waals surface area contributed by atoms with Gasteiger partial charge in [0, 0.05) is 44.6 Å². The van der Waals surface area contributed by atoms with Crippen LogP contribution in [0.4, 0.5) is 4.79 Å². The molecule has 1 aliphatic carbocycles. The Morgan fingerprint density at radius 2 is 2.11 bits per heavy atom. The number of aliphatic hydroxyl groups is 1. The summed E-state index contributed by atoms with van der Waals surface area (Å²) in [7, 11) is 0. The Bertz CT molecular complexity index is 602. The van der Waals surface area contributed by atoms with Crippen LogP contribution in [0.5, 0.6) is 0 Å². The van der Waals surface area contributed by atoms with Gasteiger partial charge in [-0.1, -0.05) is 19.3 Å². The average Bonchev–Trinajstić information content (AvgIpc) is 3.20. The molecule has 2 fully saturated rings. The summed E-state index contributed by atoms with van der Waals surface area (Å²) in [6.45, 7) is 2.07. The first-order valence-corrected chi connectivity index (χ1v) is 9.83. The van der Waals surface area contributed by atoms with Gasteiger partial charge in [0.05, 0.1) is 19.0 Å². The molecule has 1 saturated heterocycles. The van der Waals surface area contributed by atoms with Gasteiger partial charge in [0.2, 0.25) is 5.91 Å². The van der Waals surface area contributed by atoms with Gasteiger partial charge < -0.3 is 30.5 Å². The average molecular weight is 378 g/mol. The standard InChI is InChI=1S/C18H30N6O3/c25-15(12-23-8-6-20-13-23)10-21-17(26)16-11-19-7-9-24(16)18(27)22-14-4-2-1-3-5-14/h6,8,13-16,19,25H,1-5,7,9-12H2,(H,21,26)(H,22,27)/t15?,16-/m1/s1. The first kappa shape index (κ1) is 19.6. The molecule has 3 amide bonds. The first-order chi connectivity index (χ1) is 13.1. The number of hydrogen-bond donors (Lipinski definition) is 4. The van der Waals surface area contributed by atoms with Crippen LogP contribution in [0.1, 0.15) is 32.1 Å². The molecule has 2 aliphatic rings. The first-order valence-electron chi connectivity index (χ1n) is 9.83. The van der Waals surface area contributed by atoms with E-state index in [-0.39, 0.29) is 24.5 Å². The maximum absolute atomic E-state index is 12.7. The zero-order valence-corrected chi connectivity index (χ0v) is 15.6. The minimum absolute atomic E-state index is 0.131. The van der Waals surface area contributed by atoms with Gasteiger partial charge in [-0.2, -0.15) is 0 Å². The van der Waals surface area contributed by atoms with Gasteiger partial charge in [-0.25, -0.2) is 9.78 Å². The molecule has 3 rings (SSSR count). The molecule has 1 aliphatic heterocycles. The van der Waals surface area contributed by atoms with Gasteiger partial charge in [0.1, 0.15) is 6.04 Å². The second-order valence-electron chi connectivity index (χ2n) is 7.36. The molecule has 27 heavy (non-hydrogen) atoms. The maximum Gasteiger partial charge on any atom is 0.318 e. The van der Waals surface area contributed by atoms with Gasteiger partial charge in [0.25, 0.3) is 0 Å². The molecule has 9 nitrogen and oxygen atoms in total. The highest BCUT2D eigenvalue weighted by Crippen LogP contribution is 2.18. The topological polar surface area (TPSA) is 112 Å². The summed E-state index contributed by atoms with van der Waals surface area (Å²) in [6.07, 6.45) is 9.83. The van der Waals surface area contributed by atoms with Crippen molar-refractivity contribution in [1.29, 1.82) is 0 Å². The quantitative estimate of drug-likeness (QED) is 0.542. The van der Waals surface area contributed by atoms with E-state index in [1.54, 1.807) is 28.2 Å². The molecule has 0 radical (unpaired) electrons. The highest BCUT2D eigenvalue weighted by molar-refractivity contribution is 5.87. The van der Waals surface area contributed by atoms with Gasteiger partial charge >= 0.3 is 6.03 Å². The zero-order chi connectivity index (χ0) is 19.1. The summed E-state index contributed by atoms with van der Waals surface area (Å²) >= 11 is 0. The van der Waals surface area contributed by atoms with Crippen LogP contribution in [-0.2, 0) is 11.3 Å². The van der Waals surface area contributed by atoms with Crippen molar-refractivity contribution >= 4 is 11.9 Å². The lowest BCUT2D eigenvalue weighted by molar-refractivity contribution is -0.126. The molecule has 1 unspecified atom stereocenters. The van der Waals surface area contributed by atoms with Gasteiger partial charge in [-0.15, -0.1) is 0 Å². The second kappa shape index (κ2) is 9.70. The van der Waals surface area contributed by atoms with Crippen molar-refractivity contribution < 1.29 is 14.7 Å². The van der Waals surface area contributed by atoms with Crippen LogP contribution in [0.15, 0.2) is 18.7 Å². The highest BCUT2D eigenvalue weighted by Gasteiger charge is 2.33. The molecule has 0 spiro atoms. The number of piperazine rings is 1. The van der Waals surface area contributed by atoms with E-state index in [1.165, 1.54) is 6.42 Å². The summed E-state index contributed by atoms with van der Waals surface area (Å²) in [5, 5.41) is 19.1. The maximum atomic E-state index is 12.7. The molecule has 2 atom stereocenters. The number of nitrogens with zero attached hydrogens (tertiary/aromatic N) is 3. The number of rotatable bonds is 6. The molecular weight excluding hydrogens is 348 g/mol. The number of imidazole rings is 1. The van der Waals surface area contributed by atoms with Crippen molar-refractivity contribution in [2.45, 2.75) is 56.8 Å². The van der Waals surface area contributed by atoms with E-state index in [4.69, 9.17) is 0 Å². The van der Waals surface area contributed by atoms with Crippen LogP contribution in [0.2, 0.25) is 0 Å². The summed E-state index contributed by atoms with van der Waals surface area (Å²) in [5.41, 5.74) is 0. The summed E-state index contributed by atoms with van der Waals surface area (Å²) in [5.74, 6) is -0.245. The van der Waals surface area contributed by atoms with E-state index in [0.717, 1.165) is 25.7 Å². The molecule has 2 heterocycles. The van der Waals surface area contributed by atoms with Crippen molar-refractivity contribution in [2.24, 2.45) is 0 Å². The minimum atomic E-state index is -0.718. The fourth-order valence-corrected chi connectivity index (χ4v) is 3.72. The van der Waals surface area contributed by atoms with Crippen molar-refractivity contribution in [2.75, 3.05) is 26.2 Å². The lowest BCUT2D eigenvalue weighted by atomic mass is 9.96. The lowest BCUT2D eigenvalue weighted by Gasteiger charge is -2.36.